The molecule has 1 N–H and O–H groups in total. The third kappa shape index (κ3) is 3.55. The molecule has 0 saturated carbocycles. The van der Waals surface area contributed by atoms with Crippen LogP contribution in [0.25, 0.3) is 0 Å². The number of piperazine rings is 1. The molecule has 3 atom stereocenters. The molecule has 112 valence electrons. The minimum absolute atomic E-state index is 0.290. The number of rotatable bonds is 2. The van der Waals surface area contributed by atoms with Crippen LogP contribution in [0.4, 0.5) is 0 Å². The maximum absolute atomic E-state index is 5.99. The molecule has 0 radical (unpaired) electrons. The fraction of sp³-hybridized carbons (Fsp3) is 0.647. The van der Waals surface area contributed by atoms with Crippen LogP contribution in [0.1, 0.15) is 46.2 Å². The van der Waals surface area contributed by atoms with Gasteiger partial charge in [0, 0.05) is 36.2 Å². The molecule has 1 fully saturated rings. The summed E-state index contributed by atoms with van der Waals surface area (Å²) in [6.45, 7) is 13.7. The average molecular weight is 295 g/mol. The fourth-order valence-electron chi connectivity index (χ4n) is 2.94. The van der Waals surface area contributed by atoms with Crippen LogP contribution in [-0.2, 0) is 0 Å². The number of hydrogen-bond donors (Lipinski definition) is 1. The average Bonchev–Trinajstić information content (AvgIpc) is 2.38. The second kappa shape index (κ2) is 6.05. The molecule has 1 aromatic rings. The Hall–Kier alpha value is -0.570. The van der Waals surface area contributed by atoms with Gasteiger partial charge in [-0.1, -0.05) is 44.5 Å². The minimum atomic E-state index is 0.290. The Balaban J connectivity index is 2.14. The molecule has 0 aromatic heterocycles. The maximum Gasteiger partial charge on any atom is 0.0406 e. The number of benzene rings is 1. The molecule has 0 amide bonds. The van der Waals surface area contributed by atoms with Crippen molar-refractivity contribution in [1.29, 1.82) is 0 Å². The van der Waals surface area contributed by atoms with E-state index in [1.165, 1.54) is 5.56 Å². The van der Waals surface area contributed by atoms with Crippen molar-refractivity contribution in [3.63, 3.8) is 0 Å². The highest BCUT2D eigenvalue weighted by Gasteiger charge is 2.34. The largest absolute Gasteiger partial charge is 0.311 e. The quantitative estimate of drug-likeness (QED) is 0.883. The summed E-state index contributed by atoms with van der Waals surface area (Å²) in [4.78, 5) is 2.61. The number of halogens is 1. The first kappa shape index (κ1) is 15.8. The molecule has 1 aromatic carbocycles. The van der Waals surface area contributed by atoms with Crippen LogP contribution in [0.3, 0.4) is 0 Å². The van der Waals surface area contributed by atoms with E-state index >= 15 is 0 Å². The lowest BCUT2D eigenvalue weighted by Crippen LogP contribution is -2.59. The molecule has 0 bridgehead atoms. The lowest BCUT2D eigenvalue weighted by Gasteiger charge is -2.46. The highest BCUT2D eigenvalue weighted by molar-refractivity contribution is 6.30. The summed E-state index contributed by atoms with van der Waals surface area (Å²) in [7, 11) is 0. The molecule has 1 saturated heterocycles. The molecule has 2 rings (SSSR count). The van der Waals surface area contributed by atoms with Crippen molar-refractivity contribution in [2.75, 3.05) is 13.1 Å². The van der Waals surface area contributed by atoms with Crippen molar-refractivity contribution in [2.45, 2.75) is 52.7 Å². The van der Waals surface area contributed by atoms with Gasteiger partial charge in [-0.05, 0) is 37.0 Å². The number of hydrogen-bond acceptors (Lipinski definition) is 2. The predicted molar refractivity (Wildman–Crippen MR) is 87.3 cm³/mol. The Morgan fingerprint density at radius 1 is 1.25 bits per heavy atom. The van der Waals surface area contributed by atoms with Crippen LogP contribution in [0.5, 0.6) is 0 Å². The van der Waals surface area contributed by atoms with E-state index in [1.54, 1.807) is 0 Å². The molecular weight excluding hydrogens is 268 g/mol. The van der Waals surface area contributed by atoms with Gasteiger partial charge in [-0.15, -0.1) is 0 Å². The lowest BCUT2D eigenvalue weighted by molar-refractivity contribution is 0.0628. The molecule has 1 aliphatic rings. The van der Waals surface area contributed by atoms with E-state index in [1.807, 2.05) is 12.1 Å². The molecule has 3 unspecified atom stereocenters. The molecule has 0 spiro atoms. The maximum atomic E-state index is 5.99. The topological polar surface area (TPSA) is 15.3 Å². The highest BCUT2D eigenvalue weighted by atomic mass is 35.5. The highest BCUT2D eigenvalue weighted by Crippen LogP contribution is 2.29. The zero-order valence-electron chi connectivity index (χ0n) is 13.3. The predicted octanol–water partition coefficient (Wildman–Crippen LogP) is 4.11. The summed E-state index contributed by atoms with van der Waals surface area (Å²) < 4.78 is 0. The van der Waals surface area contributed by atoms with Crippen LogP contribution in [-0.4, -0.2) is 30.1 Å². The molecule has 1 aliphatic heterocycles. The summed E-state index contributed by atoms with van der Waals surface area (Å²) in [5, 5.41) is 4.50. The molecular formula is C17H27ClN2. The first-order valence-electron chi connectivity index (χ1n) is 7.53. The molecule has 1 heterocycles. The summed E-state index contributed by atoms with van der Waals surface area (Å²) >= 11 is 5.99. The van der Waals surface area contributed by atoms with E-state index in [9.17, 15) is 0 Å². The smallest absolute Gasteiger partial charge is 0.0406 e. The first-order valence-corrected chi connectivity index (χ1v) is 7.91. The molecule has 0 aliphatic carbocycles. The van der Waals surface area contributed by atoms with Gasteiger partial charge in [0.05, 0.1) is 0 Å². The Morgan fingerprint density at radius 3 is 2.40 bits per heavy atom. The lowest BCUT2D eigenvalue weighted by atomic mass is 9.84. The second-order valence-electron chi connectivity index (χ2n) is 7.10. The van der Waals surface area contributed by atoms with Gasteiger partial charge in [0.15, 0.2) is 0 Å². The van der Waals surface area contributed by atoms with E-state index in [0.717, 1.165) is 18.1 Å². The third-order valence-corrected chi connectivity index (χ3v) is 4.77. The molecule has 20 heavy (non-hydrogen) atoms. The van der Waals surface area contributed by atoms with Crippen LogP contribution < -0.4 is 5.32 Å². The van der Waals surface area contributed by atoms with E-state index < -0.39 is 0 Å². The zero-order valence-corrected chi connectivity index (χ0v) is 14.0. The van der Waals surface area contributed by atoms with Crippen molar-refractivity contribution >= 4 is 11.6 Å². The Morgan fingerprint density at radius 2 is 1.85 bits per heavy atom. The number of nitrogens with zero attached hydrogens (tertiary/aromatic N) is 1. The SMILES string of the molecule is CC1CNC(C(C)(C)C)CN1C(C)c1ccc(Cl)cc1. The van der Waals surface area contributed by atoms with Crippen LogP contribution in [0.15, 0.2) is 24.3 Å². The Labute approximate surface area is 128 Å². The van der Waals surface area contributed by atoms with Gasteiger partial charge in [0.1, 0.15) is 0 Å². The van der Waals surface area contributed by atoms with Gasteiger partial charge in [0.2, 0.25) is 0 Å². The normalized spacial score (nSPS) is 26.5. The van der Waals surface area contributed by atoms with E-state index in [-0.39, 0.29) is 5.41 Å². The van der Waals surface area contributed by atoms with Crippen molar-refractivity contribution in [1.82, 2.24) is 10.2 Å². The van der Waals surface area contributed by atoms with Gasteiger partial charge < -0.3 is 5.32 Å². The monoisotopic (exact) mass is 294 g/mol. The van der Waals surface area contributed by atoms with E-state index in [2.05, 4.69) is 57.0 Å². The molecule has 3 heteroatoms. The van der Waals surface area contributed by atoms with Gasteiger partial charge >= 0.3 is 0 Å². The second-order valence-corrected chi connectivity index (χ2v) is 7.54. The minimum Gasteiger partial charge on any atom is -0.311 e. The van der Waals surface area contributed by atoms with Gasteiger partial charge in [-0.2, -0.15) is 0 Å². The summed E-state index contributed by atoms with van der Waals surface area (Å²) in [6.07, 6.45) is 0. The standard InChI is InChI=1S/C17H27ClN2/c1-12-10-19-16(17(3,4)5)11-20(12)13(2)14-6-8-15(18)9-7-14/h6-9,12-13,16,19H,10-11H2,1-5H3. The van der Waals surface area contributed by atoms with E-state index in [0.29, 0.717) is 18.1 Å². The van der Waals surface area contributed by atoms with Crippen molar-refractivity contribution in [3.8, 4) is 0 Å². The fourth-order valence-corrected chi connectivity index (χ4v) is 3.06. The third-order valence-electron chi connectivity index (χ3n) is 4.51. The van der Waals surface area contributed by atoms with Crippen LogP contribution in [0.2, 0.25) is 5.02 Å². The summed E-state index contributed by atoms with van der Waals surface area (Å²) in [6, 6.07) is 9.78. The van der Waals surface area contributed by atoms with Crippen molar-refractivity contribution in [3.05, 3.63) is 34.9 Å². The zero-order chi connectivity index (χ0) is 14.9. The van der Waals surface area contributed by atoms with Crippen LogP contribution in [0, 0.1) is 5.41 Å². The Kier molecular flexibility index (Phi) is 4.78. The summed E-state index contributed by atoms with van der Waals surface area (Å²) in [5.74, 6) is 0. The summed E-state index contributed by atoms with van der Waals surface area (Å²) in [5.41, 5.74) is 1.63. The van der Waals surface area contributed by atoms with Crippen molar-refractivity contribution in [2.24, 2.45) is 5.41 Å². The van der Waals surface area contributed by atoms with Gasteiger partial charge in [-0.25, -0.2) is 0 Å². The van der Waals surface area contributed by atoms with Gasteiger partial charge in [0.25, 0.3) is 0 Å². The van der Waals surface area contributed by atoms with Crippen LogP contribution >= 0.6 is 11.6 Å². The van der Waals surface area contributed by atoms with E-state index in [4.69, 9.17) is 11.6 Å². The van der Waals surface area contributed by atoms with Crippen molar-refractivity contribution < 1.29 is 0 Å². The molecule has 2 nitrogen and oxygen atoms in total. The Bertz CT molecular complexity index is 435. The van der Waals surface area contributed by atoms with Gasteiger partial charge in [-0.3, -0.25) is 4.90 Å². The first-order chi connectivity index (χ1) is 9.29. The number of nitrogens with one attached hydrogen (secondary N) is 1.